The van der Waals surface area contributed by atoms with Crippen LogP contribution in [0.15, 0.2) is 58.8 Å². The van der Waals surface area contributed by atoms with Gasteiger partial charge in [-0.25, -0.2) is 13.4 Å². The lowest BCUT2D eigenvalue weighted by Gasteiger charge is -2.08. The Labute approximate surface area is 143 Å². The highest BCUT2D eigenvalue weighted by molar-refractivity contribution is 7.92. The van der Waals surface area contributed by atoms with Crippen molar-refractivity contribution < 1.29 is 8.42 Å². The zero-order valence-electron chi connectivity index (χ0n) is 12.2. The Morgan fingerprint density at radius 1 is 1.13 bits per heavy atom. The van der Waals surface area contributed by atoms with Gasteiger partial charge in [0.2, 0.25) is 0 Å². The number of thiazole rings is 1. The molecule has 0 aliphatic heterocycles. The molecule has 0 radical (unpaired) electrons. The van der Waals surface area contributed by atoms with Crippen LogP contribution in [0, 0.1) is 6.92 Å². The maximum absolute atomic E-state index is 12.3. The minimum absolute atomic E-state index is 0.129. The molecule has 0 spiro atoms. The van der Waals surface area contributed by atoms with Gasteiger partial charge in [-0.15, -0.1) is 11.3 Å². The minimum atomic E-state index is -3.66. The van der Waals surface area contributed by atoms with Crippen LogP contribution in [-0.4, -0.2) is 13.4 Å². The summed E-state index contributed by atoms with van der Waals surface area (Å²) in [6.07, 6.45) is 0. The number of aromatic nitrogens is 1. The zero-order chi connectivity index (χ0) is 16.4. The van der Waals surface area contributed by atoms with E-state index in [1.807, 2.05) is 24.4 Å². The average molecular weight is 365 g/mol. The number of aryl methyl sites for hydroxylation is 1. The minimum Gasteiger partial charge on any atom is -0.280 e. The molecule has 0 aliphatic rings. The standard InChI is InChI=1S/C16H13ClN2O2S2/c1-11-18-16(10-22-11)12-5-7-14(8-6-12)19-23(20,21)15-4-2-3-13(17)9-15/h2-10,19H,1H3. The number of nitrogens with one attached hydrogen (secondary N) is 1. The van der Waals surface area contributed by atoms with Crippen molar-refractivity contribution in [1.29, 1.82) is 0 Å². The first kappa shape index (κ1) is 16.0. The van der Waals surface area contributed by atoms with E-state index in [-0.39, 0.29) is 4.90 Å². The molecular formula is C16H13ClN2O2S2. The summed E-state index contributed by atoms with van der Waals surface area (Å²) in [5.74, 6) is 0. The summed E-state index contributed by atoms with van der Waals surface area (Å²) in [6, 6.07) is 13.2. The van der Waals surface area contributed by atoms with Gasteiger partial charge in [0.25, 0.3) is 10.0 Å². The highest BCUT2D eigenvalue weighted by Gasteiger charge is 2.14. The van der Waals surface area contributed by atoms with Gasteiger partial charge in [0.1, 0.15) is 0 Å². The molecule has 3 rings (SSSR count). The number of rotatable bonds is 4. The molecule has 118 valence electrons. The molecule has 23 heavy (non-hydrogen) atoms. The number of hydrogen-bond donors (Lipinski definition) is 1. The summed E-state index contributed by atoms with van der Waals surface area (Å²) in [4.78, 5) is 4.54. The summed E-state index contributed by atoms with van der Waals surface area (Å²) in [6.45, 7) is 1.95. The molecule has 3 aromatic rings. The molecular weight excluding hydrogens is 352 g/mol. The van der Waals surface area contributed by atoms with Gasteiger partial charge in [0.15, 0.2) is 0 Å². The van der Waals surface area contributed by atoms with Crippen molar-refractivity contribution in [2.75, 3.05) is 4.72 Å². The predicted molar refractivity (Wildman–Crippen MR) is 94.5 cm³/mol. The summed E-state index contributed by atoms with van der Waals surface area (Å²) < 4.78 is 27.2. The SMILES string of the molecule is Cc1nc(-c2ccc(NS(=O)(=O)c3cccc(Cl)c3)cc2)cs1. The molecule has 4 nitrogen and oxygen atoms in total. The summed E-state index contributed by atoms with van der Waals surface area (Å²) in [7, 11) is -3.66. The van der Waals surface area contributed by atoms with Crippen LogP contribution in [0.4, 0.5) is 5.69 Å². The normalized spacial score (nSPS) is 11.4. The molecule has 1 N–H and O–H groups in total. The quantitative estimate of drug-likeness (QED) is 0.737. The number of nitrogens with zero attached hydrogens (tertiary/aromatic N) is 1. The van der Waals surface area contributed by atoms with Crippen molar-refractivity contribution in [1.82, 2.24) is 4.98 Å². The van der Waals surface area contributed by atoms with Gasteiger partial charge in [-0.3, -0.25) is 4.72 Å². The Bertz CT molecular complexity index is 935. The van der Waals surface area contributed by atoms with Crippen molar-refractivity contribution in [3.63, 3.8) is 0 Å². The van der Waals surface area contributed by atoms with E-state index in [4.69, 9.17) is 11.6 Å². The maximum Gasteiger partial charge on any atom is 0.261 e. The monoisotopic (exact) mass is 364 g/mol. The van der Waals surface area contributed by atoms with Gasteiger partial charge in [-0.1, -0.05) is 29.8 Å². The summed E-state index contributed by atoms with van der Waals surface area (Å²) in [5.41, 5.74) is 2.32. The van der Waals surface area contributed by atoms with Crippen LogP contribution in [0.3, 0.4) is 0 Å². The van der Waals surface area contributed by atoms with Crippen molar-refractivity contribution in [3.05, 3.63) is 63.9 Å². The van der Waals surface area contributed by atoms with E-state index in [0.29, 0.717) is 10.7 Å². The molecule has 0 saturated carbocycles. The van der Waals surface area contributed by atoms with Gasteiger partial charge in [0.05, 0.1) is 15.6 Å². The Morgan fingerprint density at radius 3 is 2.48 bits per heavy atom. The Hall–Kier alpha value is -1.89. The Morgan fingerprint density at radius 2 is 1.87 bits per heavy atom. The average Bonchev–Trinajstić information content (AvgIpc) is 2.94. The maximum atomic E-state index is 12.3. The van der Waals surface area contributed by atoms with Crippen LogP contribution in [-0.2, 0) is 10.0 Å². The first-order valence-corrected chi connectivity index (χ1v) is 9.49. The highest BCUT2D eigenvalue weighted by atomic mass is 35.5. The first-order valence-electron chi connectivity index (χ1n) is 6.75. The fourth-order valence-electron chi connectivity index (χ4n) is 2.05. The van der Waals surface area contributed by atoms with Gasteiger partial charge in [-0.05, 0) is 37.3 Å². The largest absolute Gasteiger partial charge is 0.280 e. The molecule has 0 bridgehead atoms. The lowest BCUT2D eigenvalue weighted by atomic mass is 10.1. The van der Waals surface area contributed by atoms with Gasteiger partial charge in [0, 0.05) is 21.7 Å². The molecule has 0 aliphatic carbocycles. The third-order valence-corrected chi connectivity index (χ3v) is 5.55. The topological polar surface area (TPSA) is 59.1 Å². The third-order valence-electron chi connectivity index (χ3n) is 3.16. The zero-order valence-corrected chi connectivity index (χ0v) is 14.5. The van der Waals surface area contributed by atoms with Crippen molar-refractivity contribution in [2.24, 2.45) is 0 Å². The fraction of sp³-hybridized carbons (Fsp3) is 0.0625. The molecule has 2 aromatic carbocycles. The van der Waals surface area contributed by atoms with Crippen molar-refractivity contribution >= 4 is 38.6 Å². The Kier molecular flexibility index (Phi) is 4.39. The second-order valence-corrected chi connectivity index (χ2v) is 8.07. The van der Waals surface area contributed by atoms with Crippen LogP contribution in [0.5, 0.6) is 0 Å². The van der Waals surface area contributed by atoms with Crippen LogP contribution in [0.25, 0.3) is 11.3 Å². The molecule has 0 unspecified atom stereocenters. The summed E-state index contributed by atoms with van der Waals surface area (Å²) in [5, 5.41) is 3.34. The van der Waals surface area contributed by atoms with Gasteiger partial charge in [-0.2, -0.15) is 0 Å². The van der Waals surface area contributed by atoms with Crippen LogP contribution in [0.1, 0.15) is 5.01 Å². The number of hydrogen-bond acceptors (Lipinski definition) is 4. The van der Waals surface area contributed by atoms with Crippen molar-refractivity contribution in [3.8, 4) is 11.3 Å². The van der Waals surface area contributed by atoms with E-state index in [0.717, 1.165) is 16.3 Å². The molecule has 0 saturated heterocycles. The van der Waals surface area contributed by atoms with E-state index in [9.17, 15) is 8.42 Å². The third kappa shape index (κ3) is 3.72. The summed E-state index contributed by atoms with van der Waals surface area (Å²) >= 11 is 7.42. The van der Waals surface area contributed by atoms with Crippen molar-refractivity contribution in [2.45, 2.75) is 11.8 Å². The van der Waals surface area contributed by atoms with Gasteiger partial charge < -0.3 is 0 Å². The Balaban J connectivity index is 1.83. The molecule has 1 aromatic heterocycles. The fourth-order valence-corrected chi connectivity index (χ4v) is 4.03. The van der Waals surface area contributed by atoms with E-state index < -0.39 is 10.0 Å². The highest BCUT2D eigenvalue weighted by Crippen LogP contribution is 2.24. The number of sulfonamides is 1. The smallest absolute Gasteiger partial charge is 0.261 e. The number of benzene rings is 2. The second-order valence-electron chi connectivity index (χ2n) is 4.89. The van der Waals surface area contributed by atoms with Gasteiger partial charge >= 0.3 is 0 Å². The second kappa shape index (κ2) is 6.31. The lowest BCUT2D eigenvalue weighted by Crippen LogP contribution is -2.12. The molecule has 0 amide bonds. The van der Waals surface area contributed by atoms with E-state index in [1.165, 1.54) is 12.1 Å². The molecule has 0 fully saturated rings. The van der Waals surface area contributed by atoms with Crippen LogP contribution in [0.2, 0.25) is 5.02 Å². The molecule has 7 heteroatoms. The van der Waals surface area contributed by atoms with E-state index in [1.54, 1.807) is 35.6 Å². The lowest BCUT2D eigenvalue weighted by molar-refractivity contribution is 0.601. The number of anilines is 1. The van der Waals surface area contributed by atoms with Crippen LogP contribution >= 0.6 is 22.9 Å². The first-order chi connectivity index (χ1) is 10.9. The molecule has 1 heterocycles. The predicted octanol–water partition coefficient (Wildman–Crippen LogP) is 4.57. The van der Waals surface area contributed by atoms with E-state index in [2.05, 4.69) is 9.71 Å². The molecule has 0 atom stereocenters. The van der Waals surface area contributed by atoms with E-state index >= 15 is 0 Å². The number of halogens is 1. The van der Waals surface area contributed by atoms with Crippen LogP contribution < -0.4 is 4.72 Å².